The van der Waals surface area contributed by atoms with E-state index < -0.39 is 0 Å². The number of nitrogens with two attached hydrogens (primary N) is 1. The van der Waals surface area contributed by atoms with Crippen LogP contribution in [0.2, 0.25) is 0 Å². The smallest absolute Gasteiger partial charge is 0.129 e. The molecule has 18 heavy (non-hydrogen) atoms. The van der Waals surface area contributed by atoms with Gasteiger partial charge in [0.25, 0.3) is 0 Å². The fraction of sp³-hybridized carbons (Fsp3) is 0.400. The highest BCUT2D eigenvalue weighted by Gasteiger charge is 2.14. The van der Waals surface area contributed by atoms with Crippen molar-refractivity contribution in [1.82, 2.24) is 4.98 Å². The third-order valence-corrected chi connectivity index (χ3v) is 3.64. The van der Waals surface area contributed by atoms with Gasteiger partial charge in [-0.15, -0.1) is 0 Å². The molecular weight excluding hydrogens is 222 g/mol. The molecule has 3 heteroatoms. The molecule has 1 heterocycles. The summed E-state index contributed by atoms with van der Waals surface area (Å²) < 4.78 is 0. The lowest BCUT2D eigenvalue weighted by Gasteiger charge is -2.29. The maximum Gasteiger partial charge on any atom is 0.129 e. The second-order valence-electron chi connectivity index (χ2n) is 5.22. The molecule has 0 radical (unpaired) electrons. The van der Waals surface area contributed by atoms with Crippen LogP contribution < -0.4 is 10.6 Å². The molecule has 0 fully saturated rings. The molecule has 0 saturated carbocycles. The van der Waals surface area contributed by atoms with Crippen LogP contribution in [0.5, 0.6) is 0 Å². The Labute approximate surface area is 109 Å². The minimum absolute atomic E-state index is 0.462. The van der Waals surface area contributed by atoms with Crippen LogP contribution >= 0.6 is 0 Å². The Morgan fingerprint density at radius 2 is 1.83 bits per heavy atom. The molecular formula is C15H21N3. The van der Waals surface area contributed by atoms with E-state index in [1.165, 1.54) is 0 Å². The van der Waals surface area contributed by atoms with Crippen LogP contribution in [0.25, 0.3) is 10.9 Å². The first kappa shape index (κ1) is 12.7. The van der Waals surface area contributed by atoms with Gasteiger partial charge in [0.1, 0.15) is 5.82 Å². The number of fused-ring (bicyclic) bond motifs is 1. The van der Waals surface area contributed by atoms with E-state index in [0.717, 1.165) is 22.4 Å². The molecule has 1 atom stereocenters. The summed E-state index contributed by atoms with van der Waals surface area (Å²) >= 11 is 0. The zero-order valence-electron chi connectivity index (χ0n) is 11.5. The first-order valence-corrected chi connectivity index (χ1v) is 6.38. The Hall–Kier alpha value is -1.77. The molecule has 0 saturated heterocycles. The number of pyridine rings is 1. The Morgan fingerprint density at radius 3 is 2.50 bits per heavy atom. The highest BCUT2D eigenvalue weighted by atomic mass is 15.2. The summed E-state index contributed by atoms with van der Waals surface area (Å²) in [5.41, 5.74) is 7.54. The predicted molar refractivity (Wildman–Crippen MR) is 78.9 cm³/mol. The molecule has 1 aromatic carbocycles. The molecule has 3 nitrogen and oxygen atoms in total. The summed E-state index contributed by atoms with van der Waals surface area (Å²) in [5.74, 6) is 1.60. The molecule has 1 aromatic heterocycles. The highest BCUT2D eigenvalue weighted by molar-refractivity contribution is 5.83. The number of nitrogens with zero attached hydrogens (tertiary/aromatic N) is 2. The van der Waals surface area contributed by atoms with Crippen LogP contribution in [0.15, 0.2) is 30.3 Å². The van der Waals surface area contributed by atoms with E-state index in [-0.39, 0.29) is 0 Å². The quantitative estimate of drug-likeness (QED) is 0.841. The zero-order chi connectivity index (χ0) is 13.3. The molecule has 2 rings (SSSR count). The fourth-order valence-corrected chi connectivity index (χ4v) is 1.99. The van der Waals surface area contributed by atoms with Gasteiger partial charge >= 0.3 is 0 Å². The Morgan fingerprint density at radius 1 is 1.11 bits per heavy atom. The van der Waals surface area contributed by atoms with Crippen molar-refractivity contribution < 1.29 is 0 Å². The standard InChI is InChI=1S/C15H21N3/c1-10(2)11(3)18(4)15-8-5-12-9-13(16)6-7-14(12)17-15/h5-11H,16H2,1-4H3. The summed E-state index contributed by atoms with van der Waals surface area (Å²) in [7, 11) is 2.09. The van der Waals surface area contributed by atoms with Gasteiger partial charge in [0.05, 0.1) is 5.52 Å². The van der Waals surface area contributed by atoms with Crippen molar-refractivity contribution in [2.75, 3.05) is 17.7 Å². The second-order valence-corrected chi connectivity index (χ2v) is 5.22. The lowest BCUT2D eigenvalue weighted by Crippen LogP contribution is -2.33. The topological polar surface area (TPSA) is 42.1 Å². The summed E-state index contributed by atoms with van der Waals surface area (Å²) in [6, 6.07) is 10.4. The van der Waals surface area contributed by atoms with Gasteiger partial charge in [-0.05, 0) is 43.2 Å². The first-order chi connectivity index (χ1) is 8.49. The average molecular weight is 243 g/mol. The Bertz CT molecular complexity index is 548. The molecule has 0 aliphatic carbocycles. The van der Waals surface area contributed by atoms with E-state index in [4.69, 9.17) is 10.7 Å². The van der Waals surface area contributed by atoms with Crippen LogP contribution in [0.4, 0.5) is 11.5 Å². The van der Waals surface area contributed by atoms with Crippen molar-refractivity contribution in [3.8, 4) is 0 Å². The lowest BCUT2D eigenvalue weighted by molar-refractivity contribution is 0.503. The van der Waals surface area contributed by atoms with Crippen LogP contribution in [-0.4, -0.2) is 18.1 Å². The number of aromatic nitrogens is 1. The van der Waals surface area contributed by atoms with E-state index in [1.807, 2.05) is 18.2 Å². The van der Waals surface area contributed by atoms with Gasteiger partial charge in [-0.3, -0.25) is 0 Å². The lowest BCUT2D eigenvalue weighted by atomic mass is 10.1. The van der Waals surface area contributed by atoms with Crippen molar-refractivity contribution in [2.24, 2.45) is 5.92 Å². The SMILES string of the molecule is CC(C)C(C)N(C)c1ccc2cc(N)ccc2n1. The predicted octanol–water partition coefficient (Wildman–Crippen LogP) is 3.30. The molecule has 2 N–H and O–H groups in total. The van der Waals surface area contributed by atoms with Gasteiger partial charge in [-0.25, -0.2) is 4.98 Å². The number of hydrogen-bond donors (Lipinski definition) is 1. The molecule has 1 unspecified atom stereocenters. The van der Waals surface area contributed by atoms with Crippen molar-refractivity contribution in [1.29, 1.82) is 0 Å². The number of hydrogen-bond acceptors (Lipinski definition) is 3. The van der Waals surface area contributed by atoms with Gasteiger partial charge < -0.3 is 10.6 Å². The summed E-state index contributed by atoms with van der Waals surface area (Å²) in [6.07, 6.45) is 0. The third kappa shape index (κ3) is 2.40. The van der Waals surface area contributed by atoms with Gasteiger partial charge in [0.2, 0.25) is 0 Å². The van der Waals surface area contributed by atoms with E-state index >= 15 is 0 Å². The minimum atomic E-state index is 0.462. The van der Waals surface area contributed by atoms with Gasteiger partial charge in [-0.1, -0.05) is 13.8 Å². The molecule has 0 aliphatic heterocycles. The Kier molecular flexibility index (Phi) is 3.41. The normalized spacial score (nSPS) is 12.9. The van der Waals surface area contributed by atoms with Crippen molar-refractivity contribution in [2.45, 2.75) is 26.8 Å². The monoisotopic (exact) mass is 243 g/mol. The molecule has 0 bridgehead atoms. The molecule has 0 spiro atoms. The van der Waals surface area contributed by atoms with Gasteiger partial charge in [0, 0.05) is 24.2 Å². The molecule has 2 aromatic rings. The van der Waals surface area contributed by atoms with E-state index in [2.05, 4.69) is 44.9 Å². The van der Waals surface area contributed by atoms with E-state index in [9.17, 15) is 0 Å². The third-order valence-electron chi connectivity index (χ3n) is 3.64. The largest absolute Gasteiger partial charge is 0.399 e. The van der Waals surface area contributed by atoms with Crippen LogP contribution in [0.3, 0.4) is 0 Å². The van der Waals surface area contributed by atoms with E-state index in [1.54, 1.807) is 0 Å². The Balaban J connectivity index is 2.38. The van der Waals surface area contributed by atoms with E-state index in [0.29, 0.717) is 12.0 Å². The van der Waals surface area contributed by atoms with Crippen LogP contribution in [-0.2, 0) is 0 Å². The first-order valence-electron chi connectivity index (χ1n) is 6.38. The van der Waals surface area contributed by atoms with Crippen molar-refractivity contribution in [3.63, 3.8) is 0 Å². The number of nitrogen functional groups attached to an aromatic ring is 1. The van der Waals surface area contributed by atoms with Crippen molar-refractivity contribution in [3.05, 3.63) is 30.3 Å². The van der Waals surface area contributed by atoms with Crippen LogP contribution in [0.1, 0.15) is 20.8 Å². The molecule has 96 valence electrons. The summed E-state index contributed by atoms with van der Waals surface area (Å²) in [6.45, 7) is 6.67. The summed E-state index contributed by atoms with van der Waals surface area (Å²) in [4.78, 5) is 6.91. The second kappa shape index (κ2) is 4.84. The molecule has 0 aliphatic rings. The number of rotatable bonds is 3. The maximum absolute atomic E-state index is 5.77. The highest BCUT2D eigenvalue weighted by Crippen LogP contribution is 2.22. The number of anilines is 2. The molecule has 0 amide bonds. The van der Waals surface area contributed by atoms with Gasteiger partial charge in [0.15, 0.2) is 0 Å². The van der Waals surface area contributed by atoms with Gasteiger partial charge in [-0.2, -0.15) is 0 Å². The summed E-state index contributed by atoms with van der Waals surface area (Å²) in [5, 5.41) is 1.09. The maximum atomic E-state index is 5.77. The zero-order valence-corrected chi connectivity index (χ0v) is 11.5. The average Bonchev–Trinajstić information content (AvgIpc) is 2.36. The fourth-order valence-electron chi connectivity index (χ4n) is 1.99. The van der Waals surface area contributed by atoms with Crippen molar-refractivity contribution >= 4 is 22.4 Å². The number of benzene rings is 1. The van der Waals surface area contributed by atoms with Crippen LogP contribution in [0, 0.1) is 5.92 Å². The minimum Gasteiger partial charge on any atom is -0.399 e.